The fraction of sp³-hybridized carbons (Fsp3) is 0.0556. The van der Waals surface area contributed by atoms with E-state index in [-0.39, 0.29) is 5.82 Å². The summed E-state index contributed by atoms with van der Waals surface area (Å²) in [5.74, 6) is -0.286. The van der Waals surface area contributed by atoms with Crippen LogP contribution in [0.15, 0.2) is 61.1 Å². The molecular formula is C18H13FN4. The van der Waals surface area contributed by atoms with E-state index in [0.717, 1.165) is 16.5 Å². The zero-order valence-electron chi connectivity index (χ0n) is 12.4. The number of nitrogens with zero attached hydrogens (tertiary/aromatic N) is 4. The van der Waals surface area contributed by atoms with Gasteiger partial charge in [0.1, 0.15) is 5.82 Å². The van der Waals surface area contributed by atoms with E-state index in [1.54, 1.807) is 35.3 Å². The molecule has 0 spiro atoms. The maximum atomic E-state index is 13.9. The second-order valence-electron chi connectivity index (χ2n) is 5.35. The monoisotopic (exact) mass is 304 g/mol. The summed E-state index contributed by atoms with van der Waals surface area (Å²) in [5, 5.41) is 5.08. The van der Waals surface area contributed by atoms with Crippen molar-refractivity contribution >= 4 is 11.0 Å². The standard InChI is InChI=1S/C18H13FN4/c1-23-11-14(10-21-23)13-8-12-6-7-17(22-18(12)20-9-13)15-4-2-3-5-16(15)19/h2-11H,1H3. The molecule has 5 heteroatoms. The fourth-order valence-electron chi connectivity index (χ4n) is 2.56. The van der Waals surface area contributed by atoms with Crippen molar-refractivity contribution in [3.8, 4) is 22.4 Å². The van der Waals surface area contributed by atoms with Crippen molar-refractivity contribution in [3.05, 3.63) is 66.9 Å². The van der Waals surface area contributed by atoms with Crippen LogP contribution in [-0.2, 0) is 7.05 Å². The third-order valence-electron chi connectivity index (χ3n) is 3.73. The van der Waals surface area contributed by atoms with E-state index in [2.05, 4.69) is 15.1 Å². The molecule has 0 N–H and O–H groups in total. The van der Waals surface area contributed by atoms with Gasteiger partial charge in [-0.05, 0) is 30.3 Å². The van der Waals surface area contributed by atoms with Crippen LogP contribution < -0.4 is 0 Å². The number of aromatic nitrogens is 4. The zero-order valence-corrected chi connectivity index (χ0v) is 12.4. The third kappa shape index (κ3) is 2.46. The van der Waals surface area contributed by atoms with Crippen molar-refractivity contribution in [2.45, 2.75) is 0 Å². The molecule has 0 aliphatic carbocycles. The Kier molecular flexibility index (Phi) is 3.12. The van der Waals surface area contributed by atoms with Gasteiger partial charge in [0, 0.05) is 41.5 Å². The SMILES string of the molecule is Cn1cc(-c2cnc3nc(-c4ccccc4F)ccc3c2)cn1. The van der Waals surface area contributed by atoms with E-state index in [0.29, 0.717) is 16.9 Å². The maximum absolute atomic E-state index is 13.9. The van der Waals surface area contributed by atoms with Crippen molar-refractivity contribution in [1.29, 1.82) is 0 Å². The summed E-state index contributed by atoms with van der Waals surface area (Å²) < 4.78 is 15.6. The molecule has 0 unspecified atom stereocenters. The van der Waals surface area contributed by atoms with E-state index in [9.17, 15) is 4.39 Å². The molecule has 0 saturated carbocycles. The summed E-state index contributed by atoms with van der Waals surface area (Å²) >= 11 is 0. The number of rotatable bonds is 2. The molecule has 0 atom stereocenters. The molecule has 0 aliphatic heterocycles. The van der Waals surface area contributed by atoms with Gasteiger partial charge in [-0.3, -0.25) is 4.68 Å². The minimum atomic E-state index is -0.286. The lowest BCUT2D eigenvalue weighted by molar-refractivity contribution is 0.631. The van der Waals surface area contributed by atoms with E-state index in [4.69, 9.17) is 0 Å². The van der Waals surface area contributed by atoms with Gasteiger partial charge in [-0.15, -0.1) is 0 Å². The maximum Gasteiger partial charge on any atom is 0.159 e. The van der Waals surface area contributed by atoms with Gasteiger partial charge in [-0.2, -0.15) is 5.10 Å². The fourth-order valence-corrected chi connectivity index (χ4v) is 2.56. The molecule has 23 heavy (non-hydrogen) atoms. The summed E-state index contributed by atoms with van der Waals surface area (Å²) in [6.07, 6.45) is 5.49. The van der Waals surface area contributed by atoms with Crippen LogP contribution in [0.5, 0.6) is 0 Å². The Morgan fingerprint density at radius 3 is 2.65 bits per heavy atom. The number of aryl methyl sites for hydroxylation is 1. The van der Waals surface area contributed by atoms with Crippen LogP contribution in [0.2, 0.25) is 0 Å². The Balaban J connectivity index is 1.80. The largest absolute Gasteiger partial charge is 0.275 e. The molecule has 0 saturated heterocycles. The Bertz CT molecular complexity index is 1010. The second-order valence-corrected chi connectivity index (χ2v) is 5.35. The van der Waals surface area contributed by atoms with E-state index >= 15 is 0 Å². The molecule has 0 fully saturated rings. The summed E-state index contributed by atoms with van der Waals surface area (Å²) in [4.78, 5) is 8.89. The molecular weight excluding hydrogens is 291 g/mol. The number of fused-ring (bicyclic) bond motifs is 1. The zero-order chi connectivity index (χ0) is 15.8. The quantitative estimate of drug-likeness (QED) is 0.565. The Morgan fingerprint density at radius 2 is 1.87 bits per heavy atom. The minimum absolute atomic E-state index is 0.286. The van der Waals surface area contributed by atoms with Gasteiger partial charge >= 0.3 is 0 Å². The summed E-state index contributed by atoms with van der Waals surface area (Å²) in [7, 11) is 1.88. The van der Waals surface area contributed by atoms with E-state index in [1.165, 1.54) is 6.07 Å². The number of halogens is 1. The third-order valence-corrected chi connectivity index (χ3v) is 3.73. The van der Waals surface area contributed by atoms with Crippen LogP contribution in [-0.4, -0.2) is 19.7 Å². The average Bonchev–Trinajstić information content (AvgIpc) is 3.01. The van der Waals surface area contributed by atoms with Crippen LogP contribution in [0.3, 0.4) is 0 Å². The summed E-state index contributed by atoms with van der Waals surface area (Å²) in [6.45, 7) is 0. The molecule has 3 heterocycles. The van der Waals surface area contributed by atoms with Crippen LogP contribution in [0.1, 0.15) is 0 Å². The van der Waals surface area contributed by atoms with Gasteiger partial charge in [0.15, 0.2) is 5.65 Å². The second kappa shape index (κ2) is 5.28. The van der Waals surface area contributed by atoms with Gasteiger partial charge in [-0.1, -0.05) is 12.1 Å². The van der Waals surface area contributed by atoms with Gasteiger partial charge in [0.2, 0.25) is 0 Å². The molecule has 3 aromatic heterocycles. The topological polar surface area (TPSA) is 43.6 Å². The lowest BCUT2D eigenvalue weighted by Gasteiger charge is -2.05. The lowest BCUT2D eigenvalue weighted by Crippen LogP contribution is -1.91. The molecule has 4 nitrogen and oxygen atoms in total. The molecule has 1 aromatic carbocycles. The first-order chi connectivity index (χ1) is 11.2. The Labute approximate surface area is 132 Å². The van der Waals surface area contributed by atoms with Gasteiger partial charge in [-0.25, -0.2) is 14.4 Å². The van der Waals surface area contributed by atoms with E-state index < -0.39 is 0 Å². The van der Waals surface area contributed by atoms with Crippen LogP contribution in [0.4, 0.5) is 4.39 Å². The van der Waals surface area contributed by atoms with E-state index in [1.807, 2.05) is 31.4 Å². The van der Waals surface area contributed by atoms with Crippen molar-refractivity contribution < 1.29 is 4.39 Å². The number of benzene rings is 1. The first kappa shape index (κ1) is 13.6. The highest BCUT2D eigenvalue weighted by Gasteiger charge is 2.08. The molecule has 0 aliphatic rings. The molecule has 0 amide bonds. The average molecular weight is 304 g/mol. The first-order valence-electron chi connectivity index (χ1n) is 7.21. The van der Waals surface area contributed by atoms with Crippen LogP contribution in [0.25, 0.3) is 33.4 Å². The number of hydrogen-bond donors (Lipinski definition) is 0. The highest BCUT2D eigenvalue weighted by atomic mass is 19.1. The Morgan fingerprint density at radius 1 is 1.00 bits per heavy atom. The van der Waals surface area contributed by atoms with Crippen molar-refractivity contribution in [2.24, 2.45) is 7.05 Å². The van der Waals surface area contributed by atoms with Gasteiger partial charge < -0.3 is 0 Å². The normalized spacial score (nSPS) is 11.0. The first-order valence-corrected chi connectivity index (χ1v) is 7.21. The van der Waals surface area contributed by atoms with Gasteiger partial charge in [0.05, 0.1) is 11.9 Å². The van der Waals surface area contributed by atoms with Crippen molar-refractivity contribution in [3.63, 3.8) is 0 Å². The predicted molar refractivity (Wildman–Crippen MR) is 87.1 cm³/mol. The highest BCUT2D eigenvalue weighted by molar-refractivity contribution is 5.82. The number of hydrogen-bond acceptors (Lipinski definition) is 3. The molecule has 0 bridgehead atoms. The molecule has 0 radical (unpaired) electrons. The lowest BCUT2D eigenvalue weighted by atomic mass is 10.1. The smallest absolute Gasteiger partial charge is 0.159 e. The van der Waals surface area contributed by atoms with Crippen molar-refractivity contribution in [1.82, 2.24) is 19.7 Å². The molecule has 4 rings (SSSR count). The minimum Gasteiger partial charge on any atom is -0.275 e. The number of pyridine rings is 2. The summed E-state index contributed by atoms with van der Waals surface area (Å²) in [5.41, 5.74) is 3.63. The van der Waals surface area contributed by atoms with Crippen LogP contribution in [0, 0.1) is 5.82 Å². The Hall–Kier alpha value is -3.08. The molecule has 4 aromatic rings. The molecule has 112 valence electrons. The van der Waals surface area contributed by atoms with Crippen molar-refractivity contribution in [2.75, 3.05) is 0 Å². The predicted octanol–water partition coefficient (Wildman–Crippen LogP) is 3.84. The van der Waals surface area contributed by atoms with Crippen LogP contribution >= 0.6 is 0 Å². The highest BCUT2D eigenvalue weighted by Crippen LogP contribution is 2.25. The summed E-state index contributed by atoms with van der Waals surface area (Å²) in [6, 6.07) is 12.3. The van der Waals surface area contributed by atoms with Gasteiger partial charge in [0.25, 0.3) is 0 Å².